The van der Waals surface area contributed by atoms with E-state index in [0.717, 1.165) is 0 Å². The zero-order valence-electron chi connectivity index (χ0n) is 11.1. The fourth-order valence-electron chi connectivity index (χ4n) is 1.53. The van der Waals surface area contributed by atoms with E-state index in [1.54, 1.807) is 0 Å². The molecule has 1 atom stereocenters. The Balaban J connectivity index is 2.54. The first-order valence-electron chi connectivity index (χ1n) is 6.06. The summed E-state index contributed by atoms with van der Waals surface area (Å²) in [6.07, 6.45) is 0.615. The van der Waals surface area contributed by atoms with Crippen molar-refractivity contribution >= 4 is 11.7 Å². The number of methoxy groups -OCH3 is 1. The van der Waals surface area contributed by atoms with E-state index in [2.05, 4.69) is 10.6 Å². The number of carbonyl (C=O) groups excluding carboxylic acids is 1. The van der Waals surface area contributed by atoms with E-state index >= 15 is 0 Å². The predicted octanol–water partition coefficient (Wildman–Crippen LogP) is 1.97. The van der Waals surface area contributed by atoms with Crippen LogP contribution < -0.4 is 15.4 Å². The number of anilines is 1. The lowest BCUT2D eigenvalue weighted by Gasteiger charge is -2.13. The standard InChI is InChI=1S/C13H19FN2O3/c1-9(5-6-17)8-15-13(18)16-11-7-10(14)3-4-12(11)19-2/h3-4,7,9,17H,5-6,8H2,1-2H3,(H2,15,16,18). The van der Waals surface area contributed by atoms with Gasteiger partial charge < -0.3 is 20.5 Å². The molecule has 1 aromatic carbocycles. The van der Waals surface area contributed by atoms with Crippen LogP contribution in [0, 0.1) is 11.7 Å². The van der Waals surface area contributed by atoms with Gasteiger partial charge in [-0.05, 0) is 24.5 Å². The Bertz CT molecular complexity index is 426. The molecular weight excluding hydrogens is 251 g/mol. The molecule has 0 radical (unpaired) electrons. The maximum atomic E-state index is 13.1. The number of ether oxygens (including phenoxy) is 1. The van der Waals surface area contributed by atoms with Crippen LogP contribution in [0.25, 0.3) is 0 Å². The molecule has 6 heteroatoms. The molecule has 1 unspecified atom stereocenters. The Morgan fingerprint density at radius 2 is 2.26 bits per heavy atom. The Kier molecular flexibility index (Phi) is 6.08. The molecule has 0 saturated heterocycles. The highest BCUT2D eigenvalue weighted by atomic mass is 19.1. The topological polar surface area (TPSA) is 70.6 Å². The molecule has 0 aromatic heterocycles. The first-order valence-corrected chi connectivity index (χ1v) is 6.06. The van der Waals surface area contributed by atoms with Gasteiger partial charge in [0.1, 0.15) is 11.6 Å². The van der Waals surface area contributed by atoms with Crippen molar-refractivity contribution in [2.45, 2.75) is 13.3 Å². The Labute approximate surface area is 111 Å². The van der Waals surface area contributed by atoms with Crippen molar-refractivity contribution in [3.05, 3.63) is 24.0 Å². The van der Waals surface area contributed by atoms with Crippen LogP contribution in [0.15, 0.2) is 18.2 Å². The van der Waals surface area contributed by atoms with E-state index in [9.17, 15) is 9.18 Å². The maximum Gasteiger partial charge on any atom is 0.319 e. The molecule has 0 aliphatic rings. The molecule has 3 N–H and O–H groups in total. The fourth-order valence-corrected chi connectivity index (χ4v) is 1.53. The highest BCUT2D eigenvalue weighted by molar-refractivity contribution is 5.90. The number of halogens is 1. The van der Waals surface area contributed by atoms with Gasteiger partial charge in [-0.2, -0.15) is 0 Å². The molecule has 0 aliphatic carbocycles. The molecule has 0 fully saturated rings. The van der Waals surface area contributed by atoms with Crippen molar-refractivity contribution in [3.63, 3.8) is 0 Å². The minimum Gasteiger partial charge on any atom is -0.495 e. The first-order chi connectivity index (χ1) is 9.06. The Morgan fingerprint density at radius 1 is 1.53 bits per heavy atom. The SMILES string of the molecule is COc1ccc(F)cc1NC(=O)NCC(C)CCO. The number of aliphatic hydroxyl groups excluding tert-OH is 1. The number of carbonyl (C=O) groups is 1. The summed E-state index contributed by atoms with van der Waals surface area (Å²) in [6, 6.07) is 3.45. The number of benzene rings is 1. The second-order valence-electron chi connectivity index (χ2n) is 4.30. The number of nitrogens with one attached hydrogen (secondary N) is 2. The molecule has 1 rings (SSSR count). The van der Waals surface area contributed by atoms with Crippen LogP contribution in [-0.2, 0) is 0 Å². The van der Waals surface area contributed by atoms with Gasteiger partial charge >= 0.3 is 6.03 Å². The minimum atomic E-state index is -0.454. The average Bonchev–Trinajstić information content (AvgIpc) is 2.37. The molecular formula is C13H19FN2O3. The summed E-state index contributed by atoms with van der Waals surface area (Å²) in [5.74, 6) is 0.106. The molecule has 106 valence electrons. The molecule has 0 heterocycles. The van der Waals surface area contributed by atoms with Crippen molar-refractivity contribution < 1.29 is 19.0 Å². The first kappa shape index (κ1) is 15.2. The van der Waals surface area contributed by atoms with Gasteiger partial charge in [0.2, 0.25) is 0 Å². The molecule has 1 aromatic rings. The molecule has 19 heavy (non-hydrogen) atoms. The van der Waals surface area contributed by atoms with Crippen LogP contribution in [0.2, 0.25) is 0 Å². The fraction of sp³-hybridized carbons (Fsp3) is 0.462. The molecule has 0 spiro atoms. The van der Waals surface area contributed by atoms with Crippen molar-refractivity contribution in [2.75, 3.05) is 25.6 Å². The normalized spacial score (nSPS) is 11.8. The monoisotopic (exact) mass is 270 g/mol. The van der Waals surface area contributed by atoms with E-state index < -0.39 is 11.8 Å². The second-order valence-corrected chi connectivity index (χ2v) is 4.30. The van der Waals surface area contributed by atoms with E-state index in [1.807, 2.05) is 6.92 Å². The predicted molar refractivity (Wildman–Crippen MR) is 70.8 cm³/mol. The molecule has 2 amide bonds. The Morgan fingerprint density at radius 3 is 2.89 bits per heavy atom. The summed E-state index contributed by atoms with van der Waals surface area (Å²) in [7, 11) is 1.44. The van der Waals surface area contributed by atoms with Gasteiger partial charge in [0.15, 0.2) is 0 Å². The van der Waals surface area contributed by atoms with Crippen molar-refractivity contribution in [1.82, 2.24) is 5.32 Å². The van der Waals surface area contributed by atoms with E-state index in [1.165, 1.54) is 25.3 Å². The molecule has 5 nitrogen and oxygen atoms in total. The second kappa shape index (κ2) is 7.58. The van der Waals surface area contributed by atoms with Gasteiger partial charge in [-0.25, -0.2) is 9.18 Å². The number of amides is 2. The van der Waals surface area contributed by atoms with Gasteiger partial charge in [-0.15, -0.1) is 0 Å². The third-order valence-electron chi connectivity index (χ3n) is 2.64. The zero-order chi connectivity index (χ0) is 14.3. The quantitative estimate of drug-likeness (QED) is 0.740. The van der Waals surface area contributed by atoms with Crippen molar-refractivity contribution in [2.24, 2.45) is 5.92 Å². The highest BCUT2D eigenvalue weighted by Crippen LogP contribution is 2.24. The average molecular weight is 270 g/mol. The summed E-state index contributed by atoms with van der Waals surface area (Å²) in [5.41, 5.74) is 0.273. The van der Waals surface area contributed by atoms with E-state index in [4.69, 9.17) is 9.84 Å². The summed E-state index contributed by atoms with van der Waals surface area (Å²) >= 11 is 0. The van der Waals surface area contributed by atoms with Crippen LogP contribution in [0.3, 0.4) is 0 Å². The van der Waals surface area contributed by atoms with Gasteiger partial charge in [0, 0.05) is 19.2 Å². The summed E-state index contributed by atoms with van der Waals surface area (Å²) in [4.78, 5) is 11.6. The van der Waals surface area contributed by atoms with Crippen LogP contribution in [0.4, 0.5) is 14.9 Å². The van der Waals surface area contributed by atoms with Gasteiger partial charge in [0.25, 0.3) is 0 Å². The summed E-state index contributed by atoms with van der Waals surface area (Å²) in [6.45, 7) is 2.44. The summed E-state index contributed by atoms with van der Waals surface area (Å²) in [5, 5.41) is 13.9. The third-order valence-corrected chi connectivity index (χ3v) is 2.64. The highest BCUT2D eigenvalue weighted by Gasteiger charge is 2.09. The van der Waals surface area contributed by atoms with Gasteiger partial charge in [-0.1, -0.05) is 6.92 Å². The lowest BCUT2D eigenvalue weighted by molar-refractivity contribution is 0.243. The van der Waals surface area contributed by atoms with Crippen LogP contribution >= 0.6 is 0 Å². The molecule has 0 bridgehead atoms. The number of hydrogen-bond donors (Lipinski definition) is 3. The summed E-state index contributed by atoms with van der Waals surface area (Å²) < 4.78 is 18.1. The lowest BCUT2D eigenvalue weighted by atomic mass is 10.1. The number of rotatable bonds is 6. The maximum absolute atomic E-state index is 13.1. The number of aliphatic hydroxyl groups is 1. The third kappa shape index (κ3) is 5.13. The zero-order valence-corrected chi connectivity index (χ0v) is 11.1. The van der Waals surface area contributed by atoms with Crippen molar-refractivity contribution in [1.29, 1.82) is 0 Å². The molecule has 0 saturated carbocycles. The smallest absolute Gasteiger partial charge is 0.319 e. The Hall–Kier alpha value is -1.82. The van der Waals surface area contributed by atoms with E-state index in [0.29, 0.717) is 18.7 Å². The van der Waals surface area contributed by atoms with Crippen molar-refractivity contribution in [3.8, 4) is 5.75 Å². The van der Waals surface area contributed by atoms with Gasteiger partial charge in [-0.3, -0.25) is 0 Å². The minimum absolute atomic E-state index is 0.0855. The number of hydrogen-bond acceptors (Lipinski definition) is 3. The van der Waals surface area contributed by atoms with Crippen LogP contribution in [0.1, 0.15) is 13.3 Å². The molecule has 0 aliphatic heterocycles. The van der Waals surface area contributed by atoms with Crippen LogP contribution in [-0.4, -0.2) is 31.4 Å². The van der Waals surface area contributed by atoms with Gasteiger partial charge in [0.05, 0.1) is 12.8 Å². The van der Waals surface area contributed by atoms with E-state index in [-0.39, 0.29) is 18.2 Å². The largest absolute Gasteiger partial charge is 0.495 e. The van der Waals surface area contributed by atoms with Crippen LogP contribution in [0.5, 0.6) is 5.75 Å². The lowest BCUT2D eigenvalue weighted by Crippen LogP contribution is -2.32. The number of urea groups is 1.